The summed E-state index contributed by atoms with van der Waals surface area (Å²) in [5, 5.41) is 7.00. The number of likely N-dealkylation sites (N-methyl/N-ethyl adjacent to an activating group) is 1. The lowest BCUT2D eigenvalue weighted by Gasteiger charge is -2.31. The highest BCUT2D eigenvalue weighted by Gasteiger charge is 2.28. The summed E-state index contributed by atoms with van der Waals surface area (Å²) < 4.78 is 0. The van der Waals surface area contributed by atoms with E-state index < -0.39 is 0 Å². The quantitative estimate of drug-likeness (QED) is 0.800. The van der Waals surface area contributed by atoms with Crippen LogP contribution in [0.1, 0.15) is 0 Å². The van der Waals surface area contributed by atoms with E-state index in [9.17, 15) is 4.79 Å². The molecule has 0 saturated heterocycles. The van der Waals surface area contributed by atoms with E-state index in [2.05, 4.69) is 5.10 Å². The number of anilines is 1. The van der Waals surface area contributed by atoms with E-state index in [1.54, 1.807) is 30.3 Å². The van der Waals surface area contributed by atoms with E-state index in [0.29, 0.717) is 28.0 Å². The highest BCUT2D eigenvalue weighted by atomic mass is 35.5. The van der Waals surface area contributed by atoms with Gasteiger partial charge in [-0.05, 0) is 30.4 Å². The summed E-state index contributed by atoms with van der Waals surface area (Å²) in [5.41, 5.74) is 1.42. The maximum absolute atomic E-state index is 12.0. The molecular weight excluding hydrogens is 297 g/mol. The minimum absolute atomic E-state index is 0.0481. The molecular formula is C14H11Cl2N3O. The number of Topliss-reactive ketones (excluding diaryl/α,β-unsaturated/α-hetero) is 1. The molecule has 6 heteroatoms. The van der Waals surface area contributed by atoms with Crippen LogP contribution in [0.2, 0.25) is 10.0 Å². The van der Waals surface area contributed by atoms with Crippen molar-refractivity contribution in [3.05, 3.63) is 52.2 Å². The first kappa shape index (κ1) is 13.2. The fourth-order valence-electron chi connectivity index (χ4n) is 2.15. The van der Waals surface area contributed by atoms with Gasteiger partial charge in [-0.2, -0.15) is 5.10 Å². The lowest BCUT2D eigenvalue weighted by Crippen LogP contribution is -2.41. The lowest BCUT2D eigenvalue weighted by molar-refractivity contribution is -0.116. The maximum atomic E-state index is 12.0. The average molecular weight is 308 g/mol. The molecule has 0 unspecified atom stereocenters. The summed E-state index contributed by atoms with van der Waals surface area (Å²) in [6.07, 6.45) is 5.44. The Hall–Kier alpha value is -1.78. The number of halogens is 2. The van der Waals surface area contributed by atoms with E-state index in [4.69, 9.17) is 23.2 Å². The van der Waals surface area contributed by atoms with Crippen molar-refractivity contribution >= 4 is 40.5 Å². The lowest BCUT2D eigenvalue weighted by atomic mass is 10.0. The molecule has 0 N–H and O–H groups in total. The maximum Gasteiger partial charge on any atom is 0.187 e. The molecule has 2 heterocycles. The second-order valence-corrected chi connectivity index (χ2v) is 5.37. The first-order valence-corrected chi connectivity index (χ1v) is 6.78. The molecule has 102 valence electrons. The van der Waals surface area contributed by atoms with Gasteiger partial charge >= 0.3 is 0 Å². The van der Waals surface area contributed by atoms with Gasteiger partial charge in [0.05, 0.1) is 22.2 Å². The predicted octanol–water partition coefficient (Wildman–Crippen LogP) is 3.08. The first-order valence-electron chi connectivity index (χ1n) is 6.02. The summed E-state index contributed by atoms with van der Waals surface area (Å²) in [5.74, 6) is 0.650. The van der Waals surface area contributed by atoms with Crippen LogP contribution in [-0.4, -0.2) is 30.2 Å². The summed E-state index contributed by atoms with van der Waals surface area (Å²) in [4.78, 5) is 13.9. The SMILES string of the molecule is CN1CC(=O)C2=CC=CN(c3ccc(Cl)c(Cl)c3)C2=N1. The molecule has 0 radical (unpaired) electrons. The third-order valence-electron chi connectivity index (χ3n) is 3.09. The highest BCUT2D eigenvalue weighted by molar-refractivity contribution is 6.42. The minimum Gasteiger partial charge on any atom is -0.300 e. The first-order chi connectivity index (χ1) is 9.56. The smallest absolute Gasteiger partial charge is 0.187 e. The normalized spacial score (nSPS) is 17.9. The Labute approximate surface area is 126 Å². The Morgan fingerprint density at radius 2 is 2.05 bits per heavy atom. The second kappa shape index (κ2) is 4.96. The molecule has 0 amide bonds. The van der Waals surface area contributed by atoms with Gasteiger partial charge in [-0.15, -0.1) is 0 Å². The van der Waals surface area contributed by atoms with Crippen molar-refractivity contribution in [3.63, 3.8) is 0 Å². The van der Waals surface area contributed by atoms with Gasteiger partial charge in [-0.1, -0.05) is 23.2 Å². The van der Waals surface area contributed by atoms with Crippen LogP contribution in [0, 0.1) is 0 Å². The van der Waals surface area contributed by atoms with Gasteiger partial charge < -0.3 is 0 Å². The number of nitrogens with zero attached hydrogens (tertiary/aromatic N) is 3. The molecule has 4 nitrogen and oxygen atoms in total. The Kier molecular flexibility index (Phi) is 3.28. The molecule has 0 bridgehead atoms. The number of carbonyl (C=O) groups is 1. The van der Waals surface area contributed by atoms with Gasteiger partial charge in [0.25, 0.3) is 0 Å². The zero-order valence-electron chi connectivity index (χ0n) is 10.7. The number of fused-ring (bicyclic) bond motifs is 1. The average Bonchev–Trinajstić information content (AvgIpc) is 2.41. The van der Waals surface area contributed by atoms with Gasteiger partial charge in [-0.3, -0.25) is 14.7 Å². The Balaban J connectivity index is 2.06. The van der Waals surface area contributed by atoms with Crippen LogP contribution in [0.3, 0.4) is 0 Å². The molecule has 0 aromatic heterocycles. The zero-order chi connectivity index (χ0) is 14.3. The van der Waals surface area contributed by atoms with Crippen molar-refractivity contribution < 1.29 is 4.79 Å². The number of rotatable bonds is 1. The predicted molar refractivity (Wildman–Crippen MR) is 81.2 cm³/mol. The minimum atomic E-state index is 0.0481. The zero-order valence-corrected chi connectivity index (χ0v) is 12.2. The van der Waals surface area contributed by atoms with Gasteiger partial charge in [0.2, 0.25) is 0 Å². The molecule has 2 aliphatic heterocycles. The largest absolute Gasteiger partial charge is 0.300 e. The Bertz CT molecular complexity index is 679. The molecule has 0 aliphatic carbocycles. The standard InChI is InChI=1S/C14H11Cl2N3O/c1-18-8-13(20)10-3-2-6-19(14(10)17-18)9-4-5-11(15)12(16)7-9/h2-7H,8H2,1H3. The molecule has 1 aromatic rings. The van der Waals surface area contributed by atoms with Crippen LogP contribution in [0.25, 0.3) is 0 Å². The monoisotopic (exact) mass is 307 g/mol. The van der Waals surface area contributed by atoms with Crippen LogP contribution in [0.4, 0.5) is 5.69 Å². The molecule has 0 saturated carbocycles. The van der Waals surface area contributed by atoms with Gasteiger partial charge in [0.15, 0.2) is 11.6 Å². The van der Waals surface area contributed by atoms with Crippen molar-refractivity contribution in [1.29, 1.82) is 0 Å². The molecule has 2 aliphatic rings. The van der Waals surface area contributed by atoms with Gasteiger partial charge in [-0.25, -0.2) is 0 Å². The fraction of sp³-hybridized carbons (Fsp3) is 0.143. The summed E-state index contributed by atoms with van der Waals surface area (Å²) in [6.45, 7) is 0.290. The molecule has 0 fully saturated rings. The van der Waals surface area contributed by atoms with Crippen molar-refractivity contribution in [2.45, 2.75) is 0 Å². The Morgan fingerprint density at radius 1 is 1.25 bits per heavy atom. The van der Waals surface area contributed by atoms with Crippen LogP contribution < -0.4 is 4.90 Å². The molecule has 0 spiro atoms. The van der Waals surface area contributed by atoms with Crippen LogP contribution in [-0.2, 0) is 4.79 Å². The van der Waals surface area contributed by atoms with E-state index in [-0.39, 0.29) is 5.78 Å². The van der Waals surface area contributed by atoms with Crippen molar-refractivity contribution in [3.8, 4) is 0 Å². The Morgan fingerprint density at radius 3 is 2.80 bits per heavy atom. The van der Waals surface area contributed by atoms with E-state index in [1.165, 1.54) is 0 Å². The van der Waals surface area contributed by atoms with Crippen LogP contribution in [0.5, 0.6) is 0 Å². The summed E-state index contributed by atoms with van der Waals surface area (Å²) in [6, 6.07) is 5.31. The second-order valence-electron chi connectivity index (χ2n) is 4.55. The van der Waals surface area contributed by atoms with Crippen LogP contribution in [0.15, 0.2) is 47.2 Å². The van der Waals surface area contributed by atoms with E-state index in [1.807, 2.05) is 23.2 Å². The number of amidine groups is 1. The number of ketones is 1. The number of hydrogen-bond donors (Lipinski definition) is 0. The topological polar surface area (TPSA) is 35.9 Å². The number of hydrogen-bond acceptors (Lipinski definition) is 4. The summed E-state index contributed by atoms with van der Waals surface area (Å²) >= 11 is 12.0. The summed E-state index contributed by atoms with van der Waals surface area (Å²) in [7, 11) is 1.77. The van der Waals surface area contributed by atoms with Crippen LogP contribution >= 0.6 is 23.2 Å². The number of benzene rings is 1. The van der Waals surface area contributed by atoms with Crippen molar-refractivity contribution in [2.24, 2.45) is 5.10 Å². The van der Waals surface area contributed by atoms with Crippen molar-refractivity contribution in [2.75, 3.05) is 18.5 Å². The molecule has 0 atom stereocenters. The van der Waals surface area contributed by atoms with Gasteiger partial charge in [0, 0.05) is 18.9 Å². The van der Waals surface area contributed by atoms with E-state index in [0.717, 1.165) is 5.69 Å². The third-order valence-corrected chi connectivity index (χ3v) is 3.83. The van der Waals surface area contributed by atoms with E-state index >= 15 is 0 Å². The highest BCUT2D eigenvalue weighted by Crippen LogP contribution is 2.30. The fourth-order valence-corrected chi connectivity index (χ4v) is 2.45. The number of carbonyl (C=O) groups excluding carboxylic acids is 1. The van der Waals surface area contributed by atoms with Gasteiger partial charge in [0.1, 0.15) is 0 Å². The third kappa shape index (κ3) is 2.21. The molecule has 3 rings (SSSR count). The molecule has 20 heavy (non-hydrogen) atoms. The number of allylic oxidation sites excluding steroid dienone is 2. The molecule has 1 aromatic carbocycles. The van der Waals surface area contributed by atoms with Crippen molar-refractivity contribution in [1.82, 2.24) is 5.01 Å². The number of hydrazone groups is 1.